The van der Waals surface area contributed by atoms with E-state index in [0.29, 0.717) is 23.7 Å². The zero-order valence-electron chi connectivity index (χ0n) is 12.6. The molecule has 5 nitrogen and oxygen atoms in total. The summed E-state index contributed by atoms with van der Waals surface area (Å²) in [7, 11) is 0. The first-order valence-electron chi connectivity index (χ1n) is 7.42. The molecule has 0 spiro atoms. The molecule has 24 heavy (non-hydrogen) atoms. The Hall–Kier alpha value is -2.60. The summed E-state index contributed by atoms with van der Waals surface area (Å²) >= 11 is 3.45. The molecule has 1 amide bonds. The van der Waals surface area contributed by atoms with Crippen LogP contribution in [0.1, 0.15) is 16.1 Å². The largest absolute Gasteiger partial charge is 0.454 e. The van der Waals surface area contributed by atoms with Crippen LogP contribution in [0.15, 0.2) is 53.1 Å². The van der Waals surface area contributed by atoms with E-state index < -0.39 is 0 Å². The molecule has 1 aromatic heterocycles. The van der Waals surface area contributed by atoms with E-state index >= 15 is 0 Å². The van der Waals surface area contributed by atoms with Gasteiger partial charge in [-0.2, -0.15) is 0 Å². The van der Waals surface area contributed by atoms with Crippen LogP contribution < -0.4 is 14.8 Å². The first-order valence-corrected chi connectivity index (χ1v) is 8.21. The second-order valence-corrected chi connectivity index (χ2v) is 6.23. The predicted octanol–water partition coefficient (Wildman–Crippen LogP) is 3.66. The van der Waals surface area contributed by atoms with Crippen LogP contribution in [0.4, 0.5) is 0 Å². The first kappa shape index (κ1) is 15.0. The van der Waals surface area contributed by atoms with E-state index in [-0.39, 0.29) is 12.7 Å². The number of nitrogens with zero attached hydrogens (tertiary/aromatic N) is 1. The Kier molecular flexibility index (Phi) is 3.82. The Morgan fingerprint density at radius 2 is 2.08 bits per heavy atom. The minimum absolute atomic E-state index is 0.208. The van der Waals surface area contributed by atoms with Gasteiger partial charge in [-0.25, -0.2) is 0 Å². The van der Waals surface area contributed by atoms with Crippen molar-refractivity contribution in [2.45, 2.75) is 6.54 Å². The molecule has 1 N–H and O–H groups in total. The molecular formula is C18H13BrN2O3. The molecule has 1 aliphatic rings. The van der Waals surface area contributed by atoms with Gasteiger partial charge < -0.3 is 14.8 Å². The quantitative estimate of drug-likeness (QED) is 0.748. The number of amides is 1. The average molecular weight is 385 g/mol. The number of fused-ring (bicyclic) bond motifs is 2. The normalized spacial score (nSPS) is 12.4. The molecule has 0 aliphatic carbocycles. The second kappa shape index (κ2) is 6.13. The fraction of sp³-hybridized carbons (Fsp3) is 0.111. The number of halogens is 1. The van der Waals surface area contributed by atoms with Crippen LogP contribution in [-0.4, -0.2) is 17.7 Å². The standard InChI is InChI=1S/C18H13BrN2O3/c19-14-7-11(8-15-17(14)24-10-23-15)9-21-18(22)16-13-4-2-1-3-12(13)5-6-20-16/h1-8H,9-10H2,(H,21,22). The van der Waals surface area contributed by atoms with Crippen LogP contribution in [-0.2, 0) is 6.54 Å². The molecule has 2 aromatic carbocycles. The zero-order valence-corrected chi connectivity index (χ0v) is 14.2. The summed E-state index contributed by atoms with van der Waals surface area (Å²) < 4.78 is 11.6. The van der Waals surface area contributed by atoms with Crippen molar-refractivity contribution in [3.63, 3.8) is 0 Å². The van der Waals surface area contributed by atoms with E-state index in [4.69, 9.17) is 9.47 Å². The van der Waals surface area contributed by atoms with Crippen molar-refractivity contribution < 1.29 is 14.3 Å². The summed E-state index contributed by atoms with van der Waals surface area (Å²) in [6.45, 7) is 0.586. The molecule has 3 aromatic rings. The number of carbonyl (C=O) groups excluding carboxylic acids is 1. The van der Waals surface area contributed by atoms with Gasteiger partial charge in [-0.05, 0) is 45.1 Å². The number of nitrogens with one attached hydrogen (secondary N) is 1. The van der Waals surface area contributed by atoms with Crippen molar-refractivity contribution in [3.05, 3.63) is 64.4 Å². The van der Waals surface area contributed by atoms with Gasteiger partial charge in [0.25, 0.3) is 5.91 Å². The van der Waals surface area contributed by atoms with Crippen molar-refractivity contribution in [1.29, 1.82) is 0 Å². The fourth-order valence-electron chi connectivity index (χ4n) is 2.69. The van der Waals surface area contributed by atoms with Crippen molar-refractivity contribution in [3.8, 4) is 11.5 Å². The van der Waals surface area contributed by atoms with Crippen LogP contribution in [0.2, 0.25) is 0 Å². The lowest BCUT2D eigenvalue weighted by molar-refractivity contribution is 0.0947. The van der Waals surface area contributed by atoms with E-state index in [2.05, 4.69) is 26.2 Å². The molecule has 0 bridgehead atoms. The number of benzene rings is 2. The molecule has 0 saturated heterocycles. The Labute approximate surface area is 146 Å². The van der Waals surface area contributed by atoms with E-state index in [1.807, 2.05) is 42.5 Å². The Morgan fingerprint density at radius 1 is 1.21 bits per heavy atom. The van der Waals surface area contributed by atoms with E-state index in [0.717, 1.165) is 20.8 Å². The van der Waals surface area contributed by atoms with Gasteiger partial charge in [0.05, 0.1) is 4.47 Å². The van der Waals surface area contributed by atoms with Gasteiger partial charge in [0.1, 0.15) is 5.69 Å². The third-order valence-electron chi connectivity index (χ3n) is 3.83. The summed E-state index contributed by atoms with van der Waals surface area (Å²) in [5, 5.41) is 4.73. The van der Waals surface area contributed by atoms with Crippen LogP contribution in [0, 0.1) is 0 Å². The average Bonchev–Trinajstić information content (AvgIpc) is 3.08. The van der Waals surface area contributed by atoms with Gasteiger partial charge in [-0.1, -0.05) is 24.3 Å². The van der Waals surface area contributed by atoms with E-state index in [1.165, 1.54) is 0 Å². The number of hydrogen-bond donors (Lipinski definition) is 1. The minimum Gasteiger partial charge on any atom is -0.454 e. The highest BCUT2D eigenvalue weighted by atomic mass is 79.9. The molecule has 0 saturated carbocycles. The monoisotopic (exact) mass is 384 g/mol. The van der Waals surface area contributed by atoms with Crippen LogP contribution in [0.3, 0.4) is 0 Å². The number of pyridine rings is 1. The second-order valence-electron chi connectivity index (χ2n) is 5.37. The van der Waals surface area contributed by atoms with E-state index in [1.54, 1.807) is 6.20 Å². The molecule has 1 aliphatic heterocycles. The van der Waals surface area contributed by atoms with Gasteiger partial charge in [0.15, 0.2) is 11.5 Å². The van der Waals surface area contributed by atoms with Crippen molar-refractivity contribution >= 4 is 32.6 Å². The molecule has 6 heteroatoms. The highest BCUT2D eigenvalue weighted by molar-refractivity contribution is 9.10. The fourth-order valence-corrected chi connectivity index (χ4v) is 3.29. The van der Waals surface area contributed by atoms with Crippen LogP contribution in [0.5, 0.6) is 11.5 Å². The smallest absolute Gasteiger partial charge is 0.270 e. The van der Waals surface area contributed by atoms with Gasteiger partial charge in [0.2, 0.25) is 6.79 Å². The lowest BCUT2D eigenvalue weighted by Gasteiger charge is -2.09. The maximum Gasteiger partial charge on any atom is 0.270 e. The van der Waals surface area contributed by atoms with Crippen molar-refractivity contribution in [2.75, 3.05) is 6.79 Å². The van der Waals surface area contributed by atoms with Crippen molar-refractivity contribution in [1.82, 2.24) is 10.3 Å². The third kappa shape index (κ3) is 2.69. The molecular weight excluding hydrogens is 372 g/mol. The third-order valence-corrected chi connectivity index (χ3v) is 4.42. The molecule has 4 rings (SSSR count). The van der Waals surface area contributed by atoms with E-state index in [9.17, 15) is 4.79 Å². The lowest BCUT2D eigenvalue weighted by atomic mass is 10.1. The molecule has 0 unspecified atom stereocenters. The SMILES string of the molecule is O=C(NCc1cc(Br)c2c(c1)OCO2)c1nccc2ccccc12. The number of rotatable bonds is 3. The molecule has 120 valence electrons. The van der Waals surface area contributed by atoms with Gasteiger partial charge in [-0.15, -0.1) is 0 Å². The Morgan fingerprint density at radius 3 is 3.00 bits per heavy atom. The summed E-state index contributed by atoms with van der Waals surface area (Å²) in [4.78, 5) is 16.7. The first-order chi connectivity index (χ1) is 11.7. The molecule has 0 atom stereocenters. The molecule has 0 radical (unpaired) electrons. The number of aromatic nitrogens is 1. The highest BCUT2D eigenvalue weighted by Crippen LogP contribution is 2.39. The van der Waals surface area contributed by atoms with Crippen molar-refractivity contribution in [2.24, 2.45) is 0 Å². The molecule has 0 fully saturated rings. The number of hydrogen-bond acceptors (Lipinski definition) is 4. The van der Waals surface area contributed by atoms with Crippen LogP contribution >= 0.6 is 15.9 Å². The summed E-state index contributed by atoms with van der Waals surface area (Å²) in [6.07, 6.45) is 1.65. The lowest BCUT2D eigenvalue weighted by Crippen LogP contribution is -2.24. The zero-order chi connectivity index (χ0) is 16.5. The topological polar surface area (TPSA) is 60.5 Å². The van der Waals surface area contributed by atoms with Gasteiger partial charge in [-0.3, -0.25) is 9.78 Å². The predicted molar refractivity (Wildman–Crippen MR) is 93.2 cm³/mol. The van der Waals surface area contributed by atoms with Gasteiger partial charge in [0, 0.05) is 18.1 Å². The number of carbonyl (C=O) groups is 1. The Balaban J connectivity index is 1.56. The summed E-state index contributed by atoms with van der Waals surface area (Å²) in [5.74, 6) is 1.17. The maximum absolute atomic E-state index is 12.5. The Bertz CT molecular complexity index is 937. The van der Waals surface area contributed by atoms with Gasteiger partial charge >= 0.3 is 0 Å². The van der Waals surface area contributed by atoms with Crippen LogP contribution in [0.25, 0.3) is 10.8 Å². The summed E-state index contributed by atoms with van der Waals surface area (Å²) in [5.41, 5.74) is 1.34. The summed E-state index contributed by atoms with van der Waals surface area (Å²) in [6, 6.07) is 13.4. The maximum atomic E-state index is 12.5. The number of ether oxygens (including phenoxy) is 2. The highest BCUT2D eigenvalue weighted by Gasteiger charge is 2.18. The minimum atomic E-state index is -0.208. The molecule has 2 heterocycles.